The summed E-state index contributed by atoms with van der Waals surface area (Å²) in [6, 6.07) is 28.3. The second-order valence-corrected chi connectivity index (χ2v) is 18.0. The van der Waals surface area contributed by atoms with E-state index >= 15 is 0 Å². The summed E-state index contributed by atoms with van der Waals surface area (Å²) in [5, 5.41) is 11.9. The van der Waals surface area contributed by atoms with E-state index in [0.29, 0.717) is 25.7 Å². The largest absolute Gasteiger partial charge is 0.506 e. The minimum absolute atomic E-state index is 0.000418. The number of ether oxygens (including phenoxy) is 4. The summed E-state index contributed by atoms with van der Waals surface area (Å²) < 4.78 is 22.6. The molecule has 0 heterocycles. The standard InChI is InChI=1S/C48H74O9.C12H10/c1-5-9-13-17-21-25-34-54-45(50)40-31-29-30-38(42(40)47(52)56-36-27-23-19-15-11-7-3)39-32-33-41(46(51)55-35-26-22-18-14-10-6-2)43(44(39)49)48(53)57-37-28-24-20-16-12-8-4;1-3-7-11(8-4-1)12-9-5-2-6-10-12/h29-33,49H,5-28,34-37H2,1-4H3;1-10H. The summed E-state index contributed by atoms with van der Waals surface area (Å²) in [6.07, 6.45) is 24.2. The molecule has 0 saturated heterocycles. The van der Waals surface area contributed by atoms with Crippen molar-refractivity contribution in [2.45, 2.75) is 182 Å². The fraction of sp³-hybridized carbons (Fsp3) is 0.533. The molecule has 9 nitrogen and oxygen atoms in total. The van der Waals surface area contributed by atoms with Gasteiger partial charge >= 0.3 is 23.9 Å². The molecule has 0 aromatic heterocycles. The van der Waals surface area contributed by atoms with Crippen molar-refractivity contribution in [3.63, 3.8) is 0 Å². The van der Waals surface area contributed by atoms with Crippen molar-refractivity contribution in [3.05, 3.63) is 113 Å². The minimum atomic E-state index is -0.865. The number of carbonyl (C=O) groups excluding carboxylic acids is 4. The molecule has 0 saturated carbocycles. The Kier molecular flexibility index (Phi) is 30.6. The van der Waals surface area contributed by atoms with Gasteiger partial charge in [-0.2, -0.15) is 0 Å². The first-order valence-corrected chi connectivity index (χ1v) is 26.6. The van der Waals surface area contributed by atoms with E-state index in [9.17, 15) is 24.3 Å². The van der Waals surface area contributed by atoms with Gasteiger partial charge in [-0.15, -0.1) is 0 Å². The van der Waals surface area contributed by atoms with Gasteiger partial charge in [-0.05, 0) is 55.0 Å². The van der Waals surface area contributed by atoms with E-state index in [2.05, 4.69) is 76.2 Å². The molecule has 69 heavy (non-hydrogen) atoms. The van der Waals surface area contributed by atoms with Crippen LogP contribution in [-0.4, -0.2) is 55.4 Å². The molecule has 0 radical (unpaired) electrons. The Morgan fingerprint density at radius 3 is 1.06 bits per heavy atom. The second-order valence-electron chi connectivity index (χ2n) is 18.0. The van der Waals surface area contributed by atoms with E-state index < -0.39 is 29.6 Å². The number of phenolic OH excluding ortho intramolecular Hbond substituents is 1. The van der Waals surface area contributed by atoms with Gasteiger partial charge < -0.3 is 24.1 Å². The number of esters is 4. The summed E-state index contributed by atoms with van der Waals surface area (Å²) in [5.41, 5.74) is 2.26. The van der Waals surface area contributed by atoms with E-state index in [1.165, 1.54) is 35.7 Å². The van der Waals surface area contributed by atoms with E-state index in [-0.39, 0.29) is 59.8 Å². The smallest absolute Gasteiger partial charge is 0.342 e. The third-order valence-corrected chi connectivity index (χ3v) is 12.2. The molecular formula is C60H84O9. The highest BCUT2D eigenvalue weighted by molar-refractivity contribution is 6.11. The zero-order valence-electron chi connectivity index (χ0n) is 42.7. The predicted octanol–water partition coefficient (Wildman–Crippen LogP) is 16.5. The van der Waals surface area contributed by atoms with Crippen molar-refractivity contribution in [2.24, 2.45) is 0 Å². The van der Waals surface area contributed by atoms with Crippen molar-refractivity contribution in [1.82, 2.24) is 0 Å². The highest BCUT2D eigenvalue weighted by Crippen LogP contribution is 2.38. The monoisotopic (exact) mass is 949 g/mol. The summed E-state index contributed by atoms with van der Waals surface area (Å²) in [7, 11) is 0. The molecule has 0 atom stereocenters. The number of aromatic hydroxyl groups is 1. The van der Waals surface area contributed by atoms with Crippen LogP contribution in [-0.2, 0) is 18.9 Å². The Hall–Kier alpha value is -5.44. The topological polar surface area (TPSA) is 125 Å². The van der Waals surface area contributed by atoms with Crippen LogP contribution in [0, 0.1) is 0 Å². The molecule has 378 valence electrons. The first kappa shape index (κ1) is 57.9. The van der Waals surface area contributed by atoms with Crippen molar-refractivity contribution >= 4 is 23.9 Å². The number of benzene rings is 4. The van der Waals surface area contributed by atoms with Gasteiger partial charge in [0, 0.05) is 11.1 Å². The van der Waals surface area contributed by atoms with E-state index in [1.807, 2.05) is 12.1 Å². The first-order valence-electron chi connectivity index (χ1n) is 26.6. The van der Waals surface area contributed by atoms with Gasteiger partial charge in [-0.25, -0.2) is 19.2 Å². The van der Waals surface area contributed by atoms with Crippen LogP contribution >= 0.6 is 0 Å². The highest BCUT2D eigenvalue weighted by atomic mass is 16.5. The van der Waals surface area contributed by atoms with Crippen molar-refractivity contribution in [2.75, 3.05) is 26.4 Å². The normalized spacial score (nSPS) is 10.8. The predicted molar refractivity (Wildman–Crippen MR) is 280 cm³/mol. The Morgan fingerprint density at radius 2 is 0.667 bits per heavy atom. The van der Waals surface area contributed by atoms with Crippen LogP contribution < -0.4 is 0 Å². The fourth-order valence-corrected chi connectivity index (χ4v) is 8.10. The maximum absolute atomic E-state index is 13.9. The molecule has 0 unspecified atom stereocenters. The zero-order chi connectivity index (χ0) is 49.7. The van der Waals surface area contributed by atoms with Gasteiger partial charge in [0.05, 0.1) is 43.1 Å². The average molecular weight is 949 g/mol. The lowest BCUT2D eigenvalue weighted by atomic mass is 9.91. The molecule has 4 aromatic rings. The molecule has 0 spiro atoms. The Morgan fingerprint density at radius 1 is 0.333 bits per heavy atom. The zero-order valence-corrected chi connectivity index (χ0v) is 42.7. The SMILES string of the molecule is CCCCCCCCOC(=O)c1cccc(-c2ccc(C(=O)OCCCCCCCC)c(C(=O)OCCCCCCCC)c2O)c1C(=O)OCCCCCCCC.c1ccc(-c2ccccc2)cc1. The molecule has 4 aromatic carbocycles. The van der Waals surface area contributed by atoms with Gasteiger partial charge in [-0.3, -0.25) is 0 Å². The summed E-state index contributed by atoms with van der Waals surface area (Å²) in [5.74, 6) is -3.57. The third kappa shape index (κ3) is 22.2. The molecule has 1 N–H and O–H groups in total. The van der Waals surface area contributed by atoms with Crippen LogP contribution in [0.25, 0.3) is 22.3 Å². The lowest BCUT2D eigenvalue weighted by molar-refractivity contribution is 0.0447. The molecule has 4 rings (SSSR count). The maximum Gasteiger partial charge on any atom is 0.342 e. The van der Waals surface area contributed by atoms with Crippen LogP contribution in [0.4, 0.5) is 0 Å². The number of phenols is 1. The second kappa shape index (κ2) is 36.5. The van der Waals surface area contributed by atoms with E-state index in [0.717, 1.165) is 122 Å². The maximum atomic E-state index is 13.9. The number of carbonyl (C=O) groups is 4. The van der Waals surface area contributed by atoms with Crippen molar-refractivity contribution < 1.29 is 43.2 Å². The summed E-state index contributed by atoms with van der Waals surface area (Å²) in [4.78, 5) is 54.6. The van der Waals surface area contributed by atoms with Crippen LogP contribution in [0.5, 0.6) is 5.75 Å². The number of rotatable bonds is 34. The van der Waals surface area contributed by atoms with Gasteiger partial charge in [-0.1, -0.05) is 229 Å². The first-order chi connectivity index (χ1) is 33.8. The summed E-state index contributed by atoms with van der Waals surface area (Å²) >= 11 is 0. The molecule has 0 aliphatic carbocycles. The van der Waals surface area contributed by atoms with Gasteiger partial charge in [0.25, 0.3) is 0 Å². The third-order valence-electron chi connectivity index (χ3n) is 12.2. The van der Waals surface area contributed by atoms with Gasteiger partial charge in [0.1, 0.15) is 11.3 Å². The van der Waals surface area contributed by atoms with Crippen LogP contribution in [0.3, 0.4) is 0 Å². The van der Waals surface area contributed by atoms with Gasteiger partial charge in [0.15, 0.2) is 0 Å². The van der Waals surface area contributed by atoms with E-state index in [4.69, 9.17) is 18.9 Å². The quantitative estimate of drug-likeness (QED) is 0.0277. The molecular weight excluding hydrogens is 865 g/mol. The molecule has 9 heteroatoms. The van der Waals surface area contributed by atoms with Gasteiger partial charge in [0.2, 0.25) is 0 Å². The summed E-state index contributed by atoms with van der Waals surface area (Å²) in [6.45, 7) is 9.30. The van der Waals surface area contributed by atoms with Crippen LogP contribution in [0.2, 0.25) is 0 Å². The minimum Gasteiger partial charge on any atom is -0.506 e. The molecule has 0 aliphatic heterocycles. The molecule has 0 aliphatic rings. The molecule has 0 amide bonds. The average Bonchev–Trinajstić information content (AvgIpc) is 3.37. The number of hydrogen-bond donors (Lipinski definition) is 1. The van der Waals surface area contributed by atoms with Crippen LogP contribution in [0.1, 0.15) is 223 Å². The molecule has 0 fully saturated rings. The Balaban J connectivity index is 0.000000898. The lowest BCUT2D eigenvalue weighted by Gasteiger charge is -2.18. The number of unbranched alkanes of at least 4 members (excludes halogenated alkanes) is 20. The lowest BCUT2D eigenvalue weighted by Crippen LogP contribution is -2.18. The Bertz CT molecular complexity index is 1990. The van der Waals surface area contributed by atoms with Crippen LogP contribution in [0.15, 0.2) is 91.0 Å². The fourth-order valence-electron chi connectivity index (χ4n) is 8.10. The Labute approximate surface area is 415 Å². The van der Waals surface area contributed by atoms with Crippen molar-refractivity contribution in [3.8, 4) is 28.0 Å². The van der Waals surface area contributed by atoms with Crippen molar-refractivity contribution in [1.29, 1.82) is 0 Å². The highest BCUT2D eigenvalue weighted by Gasteiger charge is 2.30. The van der Waals surface area contributed by atoms with E-state index in [1.54, 1.807) is 12.1 Å². The number of hydrogen-bond acceptors (Lipinski definition) is 9. The molecule has 0 bridgehead atoms.